The highest BCUT2D eigenvalue weighted by Crippen LogP contribution is 2.19. The Bertz CT molecular complexity index is 748. The van der Waals surface area contributed by atoms with Gasteiger partial charge in [0.25, 0.3) is 5.91 Å². The van der Waals surface area contributed by atoms with E-state index in [4.69, 9.17) is 0 Å². The molecule has 2 heterocycles. The Balaban J connectivity index is 2.10. The van der Waals surface area contributed by atoms with Crippen molar-refractivity contribution in [3.05, 3.63) is 58.4 Å². The molecule has 0 saturated heterocycles. The molecular formula is C15H14N2O3. The molecule has 1 atom stereocenters. The third-order valence-corrected chi connectivity index (χ3v) is 3.49. The van der Waals surface area contributed by atoms with Gasteiger partial charge in [-0.1, -0.05) is 30.4 Å². The van der Waals surface area contributed by atoms with Gasteiger partial charge in [0.05, 0.1) is 18.2 Å². The molecule has 1 aromatic heterocycles. The van der Waals surface area contributed by atoms with E-state index in [1.54, 1.807) is 29.2 Å². The van der Waals surface area contributed by atoms with Gasteiger partial charge in [0.1, 0.15) is 0 Å². The maximum atomic E-state index is 12.6. The molecule has 0 fully saturated rings. The van der Waals surface area contributed by atoms with Gasteiger partial charge in [-0.2, -0.15) is 0 Å². The summed E-state index contributed by atoms with van der Waals surface area (Å²) in [5, 5.41) is 10.00. The summed E-state index contributed by atoms with van der Waals surface area (Å²) in [4.78, 5) is 28.6. The largest absolute Gasteiger partial charge is 0.394 e. The van der Waals surface area contributed by atoms with Crippen molar-refractivity contribution in [3.63, 3.8) is 0 Å². The van der Waals surface area contributed by atoms with E-state index in [0.717, 1.165) is 0 Å². The van der Waals surface area contributed by atoms with Crippen LogP contribution in [0.2, 0.25) is 0 Å². The van der Waals surface area contributed by atoms with Crippen LogP contribution in [-0.4, -0.2) is 40.1 Å². The Labute approximate surface area is 115 Å². The second-order valence-corrected chi connectivity index (χ2v) is 4.73. The van der Waals surface area contributed by atoms with Crippen molar-refractivity contribution in [2.45, 2.75) is 6.04 Å². The van der Waals surface area contributed by atoms with Crippen molar-refractivity contribution in [2.24, 2.45) is 0 Å². The Kier molecular flexibility index (Phi) is 3.12. The lowest BCUT2D eigenvalue weighted by Crippen LogP contribution is -2.38. The van der Waals surface area contributed by atoms with Gasteiger partial charge in [-0.05, 0) is 6.07 Å². The summed E-state index contributed by atoms with van der Waals surface area (Å²) >= 11 is 0. The number of aliphatic hydroxyl groups excluding tert-OH is 1. The summed E-state index contributed by atoms with van der Waals surface area (Å²) in [6.07, 6.45) is 3.64. The molecule has 1 aromatic carbocycles. The van der Waals surface area contributed by atoms with Crippen LogP contribution in [0, 0.1) is 0 Å². The summed E-state index contributed by atoms with van der Waals surface area (Å²) in [6.45, 7) is 0.328. The highest BCUT2D eigenvalue weighted by atomic mass is 16.3. The van der Waals surface area contributed by atoms with Gasteiger partial charge in [0, 0.05) is 23.5 Å². The summed E-state index contributed by atoms with van der Waals surface area (Å²) in [6, 6.07) is 8.19. The highest BCUT2D eigenvalue weighted by molar-refractivity contribution is 6.06. The summed E-state index contributed by atoms with van der Waals surface area (Å²) in [5.41, 5.74) is 0.697. The fourth-order valence-electron chi connectivity index (χ4n) is 2.50. The number of aromatic amines is 1. The Morgan fingerprint density at radius 1 is 1.40 bits per heavy atom. The van der Waals surface area contributed by atoms with Gasteiger partial charge in [-0.3, -0.25) is 9.59 Å². The standard InChI is InChI=1S/C15H14N2O3/c18-9-10-4-3-7-17(10)15(20)12-8-14(19)16-13-6-2-1-5-11(12)13/h1-6,8,10,18H,7,9H2,(H,16,19). The molecule has 102 valence electrons. The van der Waals surface area contributed by atoms with Crippen molar-refractivity contribution in [1.29, 1.82) is 0 Å². The van der Waals surface area contributed by atoms with Crippen LogP contribution in [-0.2, 0) is 0 Å². The Morgan fingerprint density at radius 2 is 2.20 bits per heavy atom. The average molecular weight is 270 g/mol. The van der Waals surface area contributed by atoms with E-state index in [-0.39, 0.29) is 24.1 Å². The number of pyridine rings is 1. The van der Waals surface area contributed by atoms with E-state index in [1.807, 2.05) is 12.1 Å². The lowest BCUT2D eigenvalue weighted by Gasteiger charge is -2.23. The number of aromatic nitrogens is 1. The zero-order valence-electron chi connectivity index (χ0n) is 10.7. The quantitative estimate of drug-likeness (QED) is 0.796. The number of fused-ring (bicyclic) bond motifs is 1. The Hall–Kier alpha value is -2.40. The number of H-pyrrole nitrogens is 1. The van der Waals surface area contributed by atoms with Crippen LogP contribution in [0.15, 0.2) is 47.3 Å². The summed E-state index contributed by atoms with van der Waals surface area (Å²) in [7, 11) is 0. The summed E-state index contributed by atoms with van der Waals surface area (Å²) < 4.78 is 0. The molecule has 2 N–H and O–H groups in total. The molecule has 1 aliphatic rings. The number of nitrogens with zero attached hydrogens (tertiary/aromatic N) is 1. The van der Waals surface area contributed by atoms with Gasteiger partial charge in [-0.15, -0.1) is 0 Å². The first-order valence-corrected chi connectivity index (χ1v) is 6.41. The number of aliphatic hydroxyl groups is 1. The number of hydrogen-bond donors (Lipinski definition) is 2. The van der Waals surface area contributed by atoms with E-state index in [0.29, 0.717) is 23.0 Å². The van der Waals surface area contributed by atoms with Crippen molar-refractivity contribution in [2.75, 3.05) is 13.2 Å². The van der Waals surface area contributed by atoms with Crippen molar-refractivity contribution >= 4 is 16.8 Å². The topological polar surface area (TPSA) is 73.4 Å². The molecule has 20 heavy (non-hydrogen) atoms. The number of para-hydroxylation sites is 1. The Morgan fingerprint density at radius 3 is 3.00 bits per heavy atom. The van der Waals surface area contributed by atoms with Crippen LogP contribution in [0.1, 0.15) is 10.4 Å². The van der Waals surface area contributed by atoms with Crippen LogP contribution in [0.3, 0.4) is 0 Å². The average Bonchev–Trinajstić information content (AvgIpc) is 2.94. The first-order valence-electron chi connectivity index (χ1n) is 6.41. The molecule has 1 amide bonds. The van der Waals surface area contributed by atoms with E-state index < -0.39 is 0 Å². The van der Waals surface area contributed by atoms with Gasteiger partial charge in [-0.25, -0.2) is 0 Å². The van der Waals surface area contributed by atoms with E-state index in [1.165, 1.54) is 6.07 Å². The minimum Gasteiger partial charge on any atom is -0.394 e. The minimum atomic E-state index is -0.319. The number of hydrogen-bond acceptors (Lipinski definition) is 3. The van der Waals surface area contributed by atoms with Gasteiger partial charge >= 0.3 is 0 Å². The van der Waals surface area contributed by atoms with Gasteiger partial charge in [0.15, 0.2) is 0 Å². The fraction of sp³-hybridized carbons (Fsp3) is 0.200. The number of amides is 1. The predicted molar refractivity (Wildman–Crippen MR) is 75.6 cm³/mol. The summed E-state index contributed by atoms with van der Waals surface area (Å²) in [5.74, 6) is -0.239. The van der Waals surface area contributed by atoms with Crippen LogP contribution >= 0.6 is 0 Å². The molecular weight excluding hydrogens is 256 g/mol. The lowest BCUT2D eigenvalue weighted by atomic mass is 10.1. The van der Waals surface area contributed by atoms with Crippen molar-refractivity contribution in [3.8, 4) is 0 Å². The van der Waals surface area contributed by atoms with Crippen molar-refractivity contribution in [1.82, 2.24) is 9.88 Å². The normalized spacial score (nSPS) is 17.9. The molecule has 5 nitrogen and oxygen atoms in total. The molecule has 0 saturated carbocycles. The maximum absolute atomic E-state index is 12.6. The van der Waals surface area contributed by atoms with Crippen LogP contribution in [0.5, 0.6) is 0 Å². The fourth-order valence-corrected chi connectivity index (χ4v) is 2.50. The highest BCUT2D eigenvalue weighted by Gasteiger charge is 2.26. The SMILES string of the molecule is O=C(c1cc(=O)[nH]c2ccccc12)N1CC=CC1CO. The third kappa shape index (κ3) is 2.02. The molecule has 0 spiro atoms. The molecule has 1 aliphatic heterocycles. The van der Waals surface area contributed by atoms with E-state index in [2.05, 4.69) is 4.98 Å². The second kappa shape index (κ2) is 4.94. The molecule has 1 unspecified atom stereocenters. The zero-order chi connectivity index (χ0) is 14.1. The van der Waals surface area contributed by atoms with E-state index in [9.17, 15) is 14.7 Å². The van der Waals surface area contributed by atoms with Gasteiger partial charge < -0.3 is 15.0 Å². The number of benzene rings is 1. The predicted octanol–water partition coefficient (Wildman–Crippen LogP) is 0.901. The van der Waals surface area contributed by atoms with E-state index >= 15 is 0 Å². The number of nitrogens with one attached hydrogen (secondary N) is 1. The molecule has 2 aromatic rings. The molecule has 0 radical (unpaired) electrons. The van der Waals surface area contributed by atoms with Gasteiger partial charge in [0.2, 0.25) is 5.56 Å². The lowest BCUT2D eigenvalue weighted by molar-refractivity contribution is 0.0702. The molecule has 5 heteroatoms. The second-order valence-electron chi connectivity index (χ2n) is 4.73. The van der Waals surface area contributed by atoms with Crippen LogP contribution < -0.4 is 5.56 Å². The smallest absolute Gasteiger partial charge is 0.255 e. The number of carbonyl (C=O) groups is 1. The molecule has 0 bridgehead atoms. The zero-order valence-corrected chi connectivity index (χ0v) is 10.7. The van der Waals surface area contributed by atoms with Crippen LogP contribution in [0.4, 0.5) is 0 Å². The number of carbonyl (C=O) groups excluding carboxylic acids is 1. The van der Waals surface area contributed by atoms with Crippen molar-refractivity contribution < 1.29 is 9.90 Å². The van der Waals surface area contributed by atoms with Crippen LogP contribution in [0.25, 0.3) is 10.9 Å². The first kappa shape index (κ1) is 12.6. The first-order chi connectivity index (χ1) is 9.70. The molecule has 0 aliphatic carbocycles. The molecule has 3 rings (SSSR count). The number of rotatable bonds is 2. The monoisotopic (exact) mass is 270 g/mol. The maximum Gasteiger partial charge on any atom is 0.255 e. The minimum absolute atomic E-state index is 0.122. The third-order valence-electron chi connectivity index (χ3n) is 3.49.